The van der Waals surface area contributed by atoms with Crippen molar-refractivity contribution in [2.75, 3.05) is 0 Å². The summed E-state index contributed by atoms with van der Waals surface area (Å²) in [5.41, 5.74) is 1.78. The fourth-order valence-electron chi connectivity index (χ4n) is 3.13. The van der Waals surface area contributed by atoms with Crippen molar-refractivity contribution in [2.45, 2.75) is 52.5 Å². The molecule has 1 saturated carbocycles. The van der Waals surface area contributed by atoms with Crippen molar-refractivity contribution in [3.63, 3.8) is 0 Å². The van der Waals surface area contributed by atoms with E-state index in [4.69, 9.17) is 0 Å². The van der Waals surface area contributed by atoms with Crippen LogP contribution >= 0.6 is 0 Å². The van der Waals surface area contributed by atoms with Crippen LogP contribution in [0.4, 0.5) is 0 Å². The third-order valence-corrected chi connectivity index (χ3v) is 4.63. The molecule has 0 bridgehead atoms. The van der Waals surface area contributed by atoms with Crippen LogP contribution in [-0.4, -0.2) is 23.0 Å². The highest BCUT2D eigenvalue weighted by atomic mass is 16.4. The van der Waals surface area contributed by atoms with Crippen molar-refractivity contribution in [3.8, 4) is 0 Å². The average molecular weight is 289 g/mol. The fourth-order valence-corrected chi connectivity index (χ4v) is 3.13. The monoisotopic (exact) mass is 289 g/mol. The van der Waals surface area contributed by atoms with Gasteiger partial charge < -0.3 is 10.4 Å². The SMILES string of the molecule is Cc1ccc(C(=O)NC2CCCCC2(C)C(=O)O)c(C)c1. The summed E-state index contributed by atoms with van der Waals surface area (Å²) in [6.07, 6.45) is 3.19. The number of carboxylic acid groups (broad SMARTS) is 1. The summed E-state index contributed by atoms with van der Waals surface area (Å²) in [5, 5.41) is 12.4. The first kappa shape index (κ1) is 15.5. The second kappa shape index (κ2) is 5.88. The van der Waals surface area contributed by atoms with Gasteiger partial charge in [-0.3, -0.25) is 9.59 Å². The van der Waals surface area contributed by atoms with E-state index in [2.05, 4.69) is 5.32 Å². The van der Waals surface area contributed by atoms with E-state index in [0.717, 1.165) is 30.4 Å². The summed E-state index contributed by atoms with van der Waals surface area (Å²) in [5.74, 6) is -1.000. The average Bonchev–Trinajstić information content (AvgIpc) is 2.41. The van der Waals surface area contributed by atoms with Crippen LogP contribution < -0.4 is 5.32 Å². The molecule has 2 unspecified atom stereocenters. The van der Waals surface area contributed by atoms with Gasteiger partial charge in [-0.25, -0.2) is 0 Å². The number of aliphatic carboxylic acids is 1. The van der Waals surface area contributed by atoms with E-state index < -0.39 is 11.4 Å². The minimum absolute atomic E-state index is 0.174. The van der Waals surface area contributed by atoms with Gasteiger partial charge in [0.15, 0.2) is 0 Å². The van der Waals surface area contributed by atoms with Gasteiger partial charge in [0, 0.05) is 11.6 Å². The molecule has 0 aromatic heterocycles. The quantitative estimate of drug-likeness (QED) is 0.898. The number of hydrogen-bond acceptors (Lipinski definition) is 2. The van der Waals surface area contributed by atoms with Gasteiger partial charge in [-0.05, 0) is 45.2 Å². The van der Waals surface area contributed by atoms with Gasteiger partial charge in [-0.1, -0.05) is 30.5 Å². The van der Waals surface area contributed by atoms with Crippen molar-refractivity contribution in [1.82, 2.24) is 5.32 Å². The van der Waals surface area contributed by atoms with E-state index in [1.165, 1.54) is 0 Å². The molecule has 1 aliphatic rings. The lowest BCUT2D eigenvalue weighted by molar-refractivity contribution is -0.151. The van der Waals surface area contributed by atoms with Gasteiger partial charge in [-0.2, -0.15) is 0 Å². The Morgan fingerprint density at radius 3 is 2.62 bits per heavy atom. The lowest BCUT2D eigenvalue weighted by Crippen LogP contribution is -2.52. The van der Waals surface area contributed by atoms with Crippen LogP contribution in [0, 0.1) is 19.3 Å². The first-order valence-electron chi connectivity index (χ1n) is 7.46. The second-order valence-electron chi connectivity index (χ2n) is 6.31. The summed E-state index contributed by atoms with van der Waals surface area (Å²) in [6, 6.07) is 5.36. The van der Waals surface area contributed by atoms with Gasteiger partial charge in [0.05, 0.1) is 5.41 Å². The molecule has 1 aromatic carbocycles. The van der Waals surface area contributed by atoms with Crippen molar-refractivity contribution in [3.05, 3.63) is 34.9 Å². The number of benzene rings is 1. The van der Waals surface area contributed by atoms with Crippen LogP contribution in [0.15, 0.2) is 18.2 Å². The Bertz CT molecular complexity index is 567. The Kier molecular flexibility index (Phi) is 4.35. The molecule has 2 N–H and O–H groups in total. The molecular formula is C17H23NO3. The second-order valence-corrected chi connectivity index (χ2v) is 6.31. The third kappa shape index (κ3) is 3.09. The predicted octanol–water partition coefficient (Wildman–Crippen LogP) is 3.07. The number of nitrogens with one attached hydrogen (secondary N) is 1. The molecule has 114 valence electrons. The van der Waals surface area contributed by atoms with Crippen molar-refractivity contribution in [2.24, 2.45) is 5.41 Å². The molecule has 2 atom stereocenters. The Hall–Kier alpha value is -1.84. The zero-order chi connectivity index (χ0) is 15.6. The molecule has 1 fully saturated rings. The number of aryl methyl sites for hydroxylation is 2. The van der Waals surface area contributed by atoms with Crippen molar-refractivity contribution in [1.29, 1.82) is 0 Å². The summed E-state index contributed by atoms with van der Waals surface area (Å²) in [7, 11) is 0. The van der Waals surface area contributed by atoms with Gasteiger partial charge in [0.2, 0.25) is 0 Å². The number of rotatable bonds is 3. The number of carbonyl (C=O) groups is 2. The van der Waals surface area contributed by atoms with Gasteiger partial charge in [0.1, 0.15) is 0 Å². The zero-order valence-electron chi connectivity index (χ0n) is 12.9. The molecule has 0 spiro atoms. The van der Waals surface area contributed by atoms with E-state index >= 15 is 0 Å². The lowest BCUT2D eigenvalue weighted by atomic mass is 9.71. The smallest absolute Gasteiger partial charge is 0.311 e. The molecule has 1 aliphatic carbocycles. The standard InChI is InChI=1S/C17H23NO3/c1-11-7-8-13(12(2)10-11)15(19)18-14-6-4-5-9-17(14,3)16(20)21/h7-8,10,14H,4-6,9H2,1-3H3,(H,18,19)(H,20,21). The molecule has 1 aromatic rings. The maximum absolute atomic E-state index is 12.5. The number of amides is 1. The lowest BCUT2D eigenvalue weighted by Gasteiger charge is -2.38. The number of hydrogen-bond donors (Lipinski definition) is 2. The first-order valence-corrected chi connectivity index (χ1v) is 7.46. The topological polar surface area (TPSA) is 66.4 Å². The summed E-state index contributed by atoms with van der Waals surface area (Å²) < 4.78 is 0. The molecule has 0 saturated heterocycles. The Labute approximate surface area is 125 Å². The molecule has 0 heterocycles. The van der Waals surface area contributed by atoms with Crippen LogP contribution in [0.1, 0.15) is 54.1 Å². The van der Waals surface area contributed by atoms with E-state index in [1.54, 1.807) is 13.0 Å². The molecule has 0 aliphatic heterocycles. The van der Waals surface area contributed by atoms with Crippen LogP contribution in [-0.2, 0) is 4.79 Å². The normalized spacial score (nSPS) is 25.4. The molecular weight excluding hydrogens is 266 g/mol. The molecule has 4 heteroatoms. The van der Waals surface area contributed by atoms with Crippen LogP contribution in [0.5, 0.6) is 0 Å². The Morgan fingerprint density at radius 1 is 1.29 bits per heavy atom. The maximum Gasteiger partial charge on any atom is 0.311 e. The number of carbonyl (C=O) groups excluding carboxylic acids is 1. The first-order chi connectivity index (χ1) is 9.84. The van der Waals surface area contributed by atoms with Crippen LogP contribution in [0.2, 0.25) is 0 Å². The molecule has 21 heavy (non-hydrogen) atoms. The Morgan fingerprint density at radius 2 is 2.00 bits per heavy atom. The maximum atomic E-state index is 12.5. The van der Waals surface area contributed by atoms with Crippen LogP contribution in [0.25, 0.3) is 0 Å². The largest absolute Gasteiger partial charge is 0.481 e. The summed E-state index contributed by atoms with van der Waals surface area (Å²) in [6.45, 7) is 5.62. The minimum atomic E-state index is -0.869. The van der Waals surface area contributed by atoms with Gasteiger partial charge >= 0.3 is 5.97 Å². The van der Waals surface area contributed by atoms with Gasteiger partial charge in [-0.15, -0.1) is 0 Å². The zero-order valence-corrected chi connectivity index (χ0v) is 12.9. The molecule has 2 rings (SSSR count). The highest BCUT2D eigenvalue weighted by Crippen LogP contribution is 2.36. The summed E-state index contributed by atoms with van der Waals surface area (Å²) >= 11 is 0. The van der Waals surface area contributed by atoms with E-state index in [1.807, 2.05) is 26.0 Å². The third-order valence-electron chi connectivity index (χ3n) is 4.63. The fraction of sp³-hybridized carbons (Fsp3) is 0.529. The molecule has 0 radical (unpaired) electrons. The van der Waals surface area contributed by atoms with Crippen molar-refractivity contribution >= 4 is 11.9 Å². The Balaban J connectivity index is 2.19. The van der Waals surface area contributed by atoms with E-state index in [9.17, 15) is 14.7 Å². The van der Waals surface area contributed by atoms with E-state index in [-0.39, 0.29) is 11.9 Å². The van der Waals surface area contributed by atoms with Crippen LogP contribution in [0.3, 0.4) is 0 Å². The van der Waals surface area contributed by atoms with Gasteiger partial charge in [0.25, 0.3) is 5.91 Å². The van der Waals surface area contributed by atoms with E-state index in [0.29, 0.717) is 12.0 Å². The molecule has 1 amide bonds. The predicted molar refractivity (Wildman–Crippen MR) is 81.4 cm³/mol. The van der Waals surface area contributed by atoms with Crippen molar-refractivity contribution < 1.29 is 14.7 Å². The minimum Gasteiger partial charge on any atom is -0.481 e. The summed E-state index contributed by atoms with van der Waals surface area (Å²) in [4.78, 5) is 24.0. The molecule has 4 nitrogen and oxygen atoms in total. The number of carboxylic acids is 1. The highest BCUT2D eigenvalue weighted by Gasteiger charge is 2.43. The highest BCUT2D eigenvalue weighted by molar-refractivity contribution is 5.96.